The lowest BCUT2D eigenvalue weighted by Crippen LogP contribution is -2.47. The molecule has 2 atom stereocenters. The second-order valence-electron chi connectivity index (χ2n) is 4.52. The van der Waals surface area contributed by atoms with E-state index in [1.807, 2.05) is 0 Å². The number of carbonyl (C=O) groups excluding carboxylic acids is 2. The summed E-state index contributed by atoms with van der Waals surface area (Å²) >= 11 is 0. The van der Waals surface area contributed by atoms with E-state index in [-0.39, 0.29) is 30.3 Å². The van der Waals surface area contributed by atoms with E-state index in [1.54, 1.807) is 7.11 Å². The molecule has 0 aliphatic carbocycles. The molecule has 1 N–H and O–H groups in total. The first-order valence-corrected chi connectivity index (χ1v) is 5.52. The predicted molar refractivity (Wildman–Crippen MR) is 59.8 cm³/mol. The van der Waals surface area contributed by atoms with Gasteiger partial charge in [0.05, 0.1) is 19.1 Å². The normalized spacial score (nSPS) is 23.3. The smallest absolute Gasteiger partial charge is 0.246 e. The van der Waals surface area contributed by atoms with Crippen LogP contribution in [0.25, 0.3) is 0 Å². The lowest BCUT2D eigenvalue weighted by Gasteiger charge is -2.24. The largest absolute Gasteiger partial charge is 0.383 e. The molecule has 0 spiro atoms. The first kappa shape index (κ1) is 13.1. The SMILES string of the molecule is COCC(NC1CC(=O)N(C)C1=O)C(C)C. The van der Waals surface area contributed by atoms with E-state index >= 15 is 0 Å². The Morgan fingerprint density at radius 3 is 2.50 bits per heavy atom. The summed E-state index contributed by atoms with van der Waals surface area (Å²) in [5.41, 5.74) is 0. The van der Waals surface area contributed by atoms with Gasteiger partial charge in [0.2, 0.25) is 11.8 Å². The fourth-order valence-electron chi connectivity index (χ4n) is 1.76. The van der Waals surface area contributed by atoms with Crippen molar-refractivity contribution in [2.75, 3.05) is 20.8 Å². The highest BCUT2D eigenvalue weighted by Gasteiger charge is 2.37. The predicted octanol–water partition coefficient (Wildman–Crippen LogP) is 0.00430. The number of imide groups is 1. The first-order chi connectivity index (χ1) is 7.47. The fourth-order valence-corrected chi connectivity index (χ4v) is 1.76. The van der Waals surface area contributed by atoms with Gasteiger partial charge in [-0.2, -0.15) is 0 Å². The van der Waals surface area contributed by atoms with Crippen molar-refractivity contribution in [3.05, 3.63) is 0 Å². The molecule has 0 aromatic heterocycles. The van der Waals surface area contributed by atoms with Crippen LogP contribution < -0.4 is 5.32 Å². The van der Waals surface area contributed by atoms with Gasteiger partial charge in [-0.05, 0) is 5.92 Å². The Labute approximate surface area is 96.1 Å². The number of likely N-dealkylation sites (N-methyl/N-ethyl adjacent to an activating group) is 1. The second kappa shape index (κ2) is 5.41. The summed E-state index contributed by atoms with van der Waals surface area (Å²) in [6, 6.07) is -0.293. The number of likely N-dealkylation sites (tertiary alicyclic amines) is 1. The van der Waals surface area contributed by atoms with Crippen LogP contribution in [0.5, 0.6) is 0 Å². The molecule has 5 heteroatoms. The second-order valence-corrected chi connectivity index (χ2v) is 4.52. The minimum Gasteiger partial charge on any atom is -0.383 e. The van der Waals surface area contributed by atoms with Crippen LogP contribution in [0, 0.1) is 5.92 Å². The van der Waals surface area contributed by atoms with Gasteiger partial charge < -0.3 is 10.1 Å². The molecule has 1 rings (SSSR count). The molecule has 0 aromatic rings. The molecule has 1 saturated heterocycles. The van der Waals surface area contributed by atoms with Crippen LogP contribution in [0.3, 0.4) is 0 Å². The van der Waals surface area contributed by atoms with Gasteiger partial charge in [-0.25, -0.2) is 0 Å². The Morgan fingerprint density at radius 1 is 1.50 bits per heavy atom. The van der Waals surface area contributed by atoms with Crippen molar-refractivity contribution in [1.29, 1.82) is 0 Å². The molecule has 2 amide bonds. The number of rotatable bonds is 5. The van der Waals surface area contributed by atoms with Crippen LogP contribution in [-0.4, -0.2) is 49.6 Å². The summed E-state index contributed by atoms with van der Waals surface area (Å²) in [6.45, 7) is 4.66. The van der Waals surface area contributed by atoms with Crippen molar-refractivity contribution in [1.82, 2.24) is 10.2 Å². The van der Waals surface area contributed by atoms with Crippen molar-refractivity contribution in [2.45, 2.75) is 32.4 Å². The fraction of sp³-hybridized carbons (Fsp3) is 0.818. The number of nitrogens with zero attached hydrogens (tertiary/aromatic N) is 1. The summed E-state index contributed by atoms with van der Waals surface area (Å²) < 4.78 is 5.09. The molecule has 1 aliphatic heterocycles. The van der Waals surface area contributed by atoms with E-state index in [1.165, 1.54) is 11.9 Å². The molecule has 5 nitrogen and oxygen atoms in total. The average Bonchev–Trinajstić information content (AvgIpc) is 2.45. The molecule has 0 bridgehead atoms. The number of nitrogens with one attached hydrogen (secondary N) is 1. The van der Waals surface area contributed by atoms with Gasteiger partial charge in [-0.3, -0.25) is 14.5 Å². The van der Waals surface area contributed by atoms with Crippen molar-refractivity contribution in [3.63, 3.8) is 0 Å². The molecule has 0 aromatic carbocycles. The minimum absolute atomic E-state index is 0.0956. The van der Waals surface area contributed by atoms with Gasteiger partial charge in [-0.1, -0.05) is 13.8 Å². The third-order valence-corrected chi connectivity index (χ3v) is 2.95. The number of carbonyl (C=O) groups is 2. The Morgan fingerprint density at radius 2 is 2.12 bits per heavy atom. The lowest BCUT2D eigenvalue weighted by molar-refractivity contribution is -0.137. The number of hydrogen-bond donors (Lipinski definition) is 1. The van der Waals surface area contributed by atoms with Crippen molar-refractivity contribution in [3.8, 4) is 0 Å². The summed E-state index contributed by atoms with van der Waals surface area (Å²) in [5.74, 6) is 0.0861. The van der Waals surface area contributed by atoms with Crippen molar-refractivity contribution >= 4 is 11.8 Å². The van der Waals surface area contributed by atoms with Crippen LogP contribution in [-0.2, 0) is 14.3 Å². The molecule has 92 valence electrons. The first-order valence-electron chi connectivity index (χ1n) is 5.52. The van der Waals surface area contributed by atoms with E-state index in [4.69, 9.17) is 4.74 Å². The highest BCUT2D eigenvalue weighted by molar-refractivity contribution is 6.05. The van der Waals surface area contributed by atoms with Crippen molar-refractivity contribution < 1.29 is 14.3 Å². The molecule has 16 heavy (non-hydrogen) atoms. The zero-order valence-corrected chi connectivity index (χ0v) is 10.3. The van der Waals surface area contributed by atoms with Gasteiger partial charge in [-0.15, -0.1) is 0 Å². The van der Waals surface area contributed by atoms with E-state index in [0.717, 1.165) is 0 Å². The maximum atomic E-state index is 11.7. The van der Waals surface area contributed by atoms with E-state index in [9.17, 15) is 9.59 Å². The molecule has 1 aliphatic rings. The van der Waals surface area contributed by atoms with Gasteiger partial charge >= 0.3 is 0 Å². The number of amides is 2. The molecule has 2 unspecified atom stereocenters. The quantitative estimate of drug-likeness (QED) is 0.673. The number of ether oxygens (including phenoxy) is 1. The Kier molecular flexibility index (Phi) is 4.44. The molecule has 0 saturated carbocycles. The zero-order valence-electron chi connectivity index (χ0n) is 10.3. The van der Waals surface area contributed by atoms with Gasteiger partial charge in [0.1, 0.15) is 0 Å². The van der Waals surface area contributed by atoms with Gasteiger partial charge in [0.25, 0.3) is 0 Å². The Bertz CT molecular complexity index is 278. The van der Waals surface area contributed by atoms with E-state index < -0.39 is 0 Å². The van der Waals surface area contributed by atoms with Crippen LogP contribution in [0.4, 0.5) is 0 Å². The summed E-state index contributed by atoms with van der Waals surface area (Å²) in [6.07, 6.45) is 0.252. The molecule has 1 heterocycles. The third kappa shape index (κ3) is 2.80. The maximum Gasteiger partial charge on any atom is 0.246 e. The van der Waals surface area contributed by atoms with Crippen LogP contribution >= 0.6 is 0 Å². The van der Waals surface area contributed by atoms with E-state index in [0.29, 0.717) is 12.5 Å². The maximum absolute atomic E-state index is 11.7. The van der Waals surface area contributed by atoms with Crippen LogP contribution in [0.1, 0.15) is 20.3 Å². The molecular weight excluding hydrogens is 208 g/mol. The lowest BCUT2D eigenvalue weighted by atomic mass is 10.0. The van der Waals surface area contributed by atoms with Crippen molar-refractivity contribution in [2.24, 2.45) is 5.92 Å². The molecule has 1 fully saturated rings. The van der Waals surface area contributed by atoms with Crippen LogP contribution in [0.2, 0.25) is 0 Å². The zero-order chi connectivity index (χ0) is 12.3. The summed E-state index contributed by atoms with van der Waals surface area (Å²) in [7, 11) is 3.15. The third-order valence-electron chi connectivity index (χ3n) is 2.95. The molecule has 0 radical (unpaired) electrons. The Balaban J connectivity index is 2.59. The number of methoxy groups -OCH3 is 1. The highest BCUT2D eigenvalue weighted by atomic mass is 16.5. The van der Waals surface area contributed by atoms with Gasteiger partial charge in [0, 0.05) is 20.2 Å². The van der Waals surface area contributed by atoms with E-state index in [2.05, 4.69) is 19.2 Å². The van der Waals surface area contributed by atoms with Gasteiger partial charge in [0.15, 0.2) is 0 Å². The standard InChI is InChI=1S/C11H20N2O3/c1-7(2)9(6-16-4)12-8-5-10(14)13(3)11(8)15/h7-9,12H,5-6H2,1-4H3. The molecular formula is C11H20N2O3. The monoisotopic (exact) mass is 228 g/mol. The minimum atomic E-state index is -0.389. The summed E-state index contributed by atoms with van der Waals surface area (Å²) in [5, 5.41) is 3.19. The van der Waals surface area contributed by atoms with Crippen LogP contribution in [0.15, 0.2) is 0 Å². The highest BCUT2D eigenvalue weighted by Crippen LogP contribution is 2.13. The Hall–Kier alpha value is -0.940. The number of hydrogen-bond acceptors (Lipinski definition) is 4. The summed E-state index contributed by atoms with van der Waals surface area (Å²) in [4.78, 5) is 24.2. The topological polar surface area (TPSA) is 58.6 Å². The average molecular weight is 228 g/mol.